The first-order valence-electron chi connectivity index (χ1n) is 3.99. The largest absolute Gasteiger partial charge is 0.519 e. The lowest BCUT2D eigenvalue weighted by Gasteiger charge is -2.10. The van der Waals surface area contributed by atoms with Crippen molar-refractivity contribution >= 4 is 5.97 Å². The number of rotatable bonds is 4. The van der Waals surface area contributed by atoms with Gasteiger partial charge in [-0.2, -0.15) is 0 Å². The summed E-state index contributed by atoms with van der Waals surface area (Å²) in [5, 5.41) is 8.48. The average Bonchev–Trinajstić information content (AvgIpc) is 2.28. The summed E-state index contributed by atoms with van der Waals surface area (Å²) in [6.07, 6.45) is 0. The minimum absolute atomic E-state index is 0.117. The molecule has 1 aromatic rings. The normalized spacial score (nSPS) is 10.8. The first-order valence-corrected chi connectivity index (χ1v) is 3.99. The molecule has 0 saturated heterocycles. The molecule has 14 heavy (non-hydrogen) atoms. The number of hydrogen-bond acceptors (Lipinski definition) is 5. The van der Waals surface area contributed by atoms with E-state index in [-0.39, 0.29) is 13.1 Å². The Bertz CT molecular complexity index is 377. The molecule has 1 rings (SSSR count). The standard InChI is InChI=1S/C8H11NO5/c1-5-6(14-8(12)13-5)3-9(2)4-7(10)11/h3-4H2,1-2H3,(H,10,11). The highest BCUT2D eigenvalue weighted by Gasteiger charge is 2.12. The third-order valence-corrected chi connectivity index (χ3v) is 1.65. The highest BCUT2D eigenvalue weighted by Crippen LogP contribution is 2.07. The summed E-state index contributed by atoms with van der Waals surface area (Å²) < 4.78 is 9.33. The van der Waals surface area contributed by atoms with E-state index in [9.17, 15) is 9.59 Å². The second kappa shape index (κ2) is 4.10. The van der Waals surface area contributed by atoms with Gasteiger partial charge in [-0.25, -0.2) is 4.79 Å². The molecular formula is C8H11NO5. The maximum Gasteiger partial charge on any atom is 0.519 e. The molecule has 0 aromatic carbocycles. The molecule has 0 aliphatic heterocycles. The van der Waals surface area contributed by atoms with Gasteiger partial charge in [0.25, 0.3) is 0 Å². The van der Waals surface area contributed by atoms with E-state index in [1.54, 1.807) is 14.0 Å². The van der Waals surface area contributed by atoms with Crippen LogP contribution in [-0.4, -0.2) is 29.6 Å². The number of hydrogen-bond donors (Lipinski definition) is 1. The van der Waals surface area contributed by atoms with E-state index in [0.717, 1.165) is 0 Å². The van der Waals surface area contributed by atoms with Gasteiger partial charge in [0.05, 0.1) is 13.1 Å². The Morgan fingerprint density at radius 3 is 2.57 bits per heavy atom. The van der Waals surface area contributed by atoms with Gasteiger partial charge in [0.15, 0.2) is 5.76 Å². The number of aryl methyl sites for hydroxylation is 1. The maximum absolute atomic E-state index is 10.6. The van der Waals surface area contributed by atoms with Crippen molar-refractivity contribution in [3.8, 4) is 0 Å². The fourth-order valence-corrected chi connectivity index (χ4v) is 1.05. The van der Waals surface area contributed by atoms with Crippen LogP contribution in [0, 0.1) is 6.92 Å². The highest BCUT2D eigenvalue weighted by atomic mass is 16.6. The van der Waals surface area contributed by atoms with E-state index in [2.05, 4.69) is 4.42 Å². The van der Waals surface area contributed by atoms with E-state index in [0.29, 0.717) is 11.5 Å². The summed E-state index contributed by atoms with van der Waals surface area (Å²) in [5.41, 5.74) is 0. The van der Waals surface area contributed by atoms with Crippen LogP contribution in [0.1, 0.15) is 11.5 Å². The molecule has 0 saturated carbocycles. The molecule has 0 amide bonds. The fourth-order valence-electron chi connectivity index (χ4n) is 1.05. The highest BCUT2D eigenvalue weighted by molar-refractivity contribution is 5.68. The molecule has 1 aromatic heterocycles. The lowest BCUT2D eigenvalue weighted by atomic mass is 10.3. The van der Waals surface area contributed by atoms with Gasteiger partial charge < -0.3 is 13.9 Å². The topological polar surface area (TPSA) is 83.9 Å². The van der Waals surface area contributed by atoms with E-state index in [1.165, 1.54) is 4.90 Å². The fraction of sp³-hybridized carbons (Fsp3) is 0.500. The second-order valence-electron chi connectivity index (χ2n) is 3.00. The van der Waals surface area contributed by atoms with Crippen LogP contribution in [0.5, 0.6) is 0 Å². The Balaban J connectivity index is 2.64. The van der Waals surface area contributed by atoms with Crippen LogP contribution in [-0.2, 0) is 11.3 Å². The molecular weight excluding hydrogens is 190 g/mol. The first-order chi connectivity index (χ1) is 6.49. The van der Waals surface area contributed by atoms with Crippen LogP contribution in [0.3, 0.4) is 0 Å². The van der Waals surface area contributed by atoms with Crippen molar-refractivity contribution in [2.24, 2.45) is 0 Å². The molecule has 1 N–H and O–H groups in total. The lowest BCUT2D eigenvalue weighted by molar-refractivity contribution is -0.138. The Kier molecular flexibility index (Phi) is 3.08. The molecule has 6 heteroatoms. The lowest BCUT2D eigenvalue weighted by Crippen LogP contribution is -2.25. The molecule has 0 unspecified atom stereocenters. The third-order valence-electron chi connectivity index (χ3n) is 1.65. The number of likely N-dealkylation sites (N-methyl/N-ethyl adjacent to an activating group) is 1. The SMILES string of the molecule is Cc1oc(=O)oc1CN(C)CC(=O)O. The zero-order chi connectivity index (χ0) is 10.7. The molecule has 0 aliphatic rings. The smallest absolute Gasteiger partial charge is 0.480 e. The zero-order valence-corrected chi connectivity index (χ0v) is 7.94. The zero-order valence-electron chi connectivity index (χ0n) is 7.94. The molecule has 0 atom stereocenters. The summed E-state index contributed by atoms with van der Waals surface area (Å²) in [6.45, 7) is 1.72. The minimum Gasteiger partial charge on any atom is -0.480 e. The molecule has 0 aliphatic carbocycles. The van der Waals surface area contributed by atoms with Crippen LogP contribution in [0.25, 0.3) is 0 Å². The van der Waals surface area contributed by atoms with Crippen molar-refractivity contribution in [1.82, 2.24) is 4.90 Å². The summed E-state index contributed by atoms with van der Waals surface area (Å²) in [5.74, 6) is -0.955. The number of carboxylic acid groups (broad SMARTS) is 1. The molecule has 0 radical (unpaired) electrons. The van der Waals surface area contributed by atoms with Gasteiger partial charge >= 0.3 is 11.8 Å². The van der Waals surface area contributed by atoms with Gasteiger partial charge in [0, 0.05) is 0 Å². The van der Waals surface area contributed by atoms with Crippen molar-refractivity contribution in [2.45, 2.75) is 13.5 Å². The Morgan fingerprint density at radius 2 is 2.14 bits per heavy atom. The molecule has 0 spiro atoms. The third kappa shape index (κ3) is 2.74. The van der Waals surface area contributed by atoms with Crippen molar-refractivity contribution in [3.05, 3.63) is 22.1 Å². The van der Waals surface area contributed by atoms with Gasteiger partial charge in [-0.15, -0.1) is 0 Å². The van der Waals surface area contributed by atoms with E-state index < -0.39 is 11.8 Å². The molecule has 0 fully saturated rings. The monoisotopic (exact) mass is 201 g/mol. The average molecular weight is 201 g/mol. The van der Waals surface area contributed by atoms with Crippen LogP contribution >= 0.6 is 0 Å². The summed E-state index contributed by atoms with van der Waals surface area (Å²) in [7, 11) is 1.61. The van der Waals surface area contributed by atoms with Crippen LogP contribution in [0.4, 0.5) is 0 Å². The predicted octanol–water partition coefficient (Wildman–Crippen LogP) is 0.0576. The van der Waals surface area contributed by atoms with E-state index >= 15 is 0 Å². The molecule has 0 bridgehead atoms. The Labute approximate surface area is 79.7 Å². The van der Waals surface area contributed by atoms with Crippen molar-refractivity contribution in [2.75, 3.05) is 13.6 Å². The molecule has 6 nitrogen and oxygen atoms in total. The van der Waals surface area contributed by atoms with Crippen molar-refractivity contribution in [1.29, 1.82) is 0 Å². The summed E-state index contributed by atoms with van der Waals surface area (Å²) in [4.78, 5) is 22.5. The Hall–Kier alpha value is -1.56. The van der Waals surface area contributed by atoms with Crippen LogP contribution in [0.15, 0.2) is 13.6 Å². The second-order valence-corrected chi connectivity index (χ2v) is 3.00. The number of nitrogens with zero attached hydrogens (tertiary/aromatic N) is 1. The van der Waals surface area contributed by atoms with Gasteiger partial charge in [0.2, 0.25) is 0 Å². The number of carbonyl (C=O) groups is 1. The number of carboxylic acids is 1. The van der Waals surface area contributed by atoms with Gasteiger partial charge in [-0.05, 0) is 14.0 Å². The van der Waals surface area contributed by atoms with Crippen molar-refractivity contribution < 1.29 is 18.7 Å². The van der Waals surface area contributed by atoms with Gasteiger partial charge in [0.1, 0.15) is 5.76 Å². The quantitative estimate of drug-likeness (QED) is 0.741. The van der Waals surface area contributed by atoms with E-state index in [1.807, 2.05) is 0 Å². The van der Waals surface area contributed by atoms with Crippen molar-refractivity contribution in [3.63, 3.8) is 0 Å². The Morgan fingerprint density at radius 1 is 1.50 bits per heavy atom. The predicted molar refractivity (Wildman–Crippen MR) is 46.0 cm³/mol. The summed E-state index contributed by atoms with van der Waals surface area (Å²) >= 11 is 0. The van der Waals surface area contributed by atoms with Crippen LogP contribution in [0.2, 0.25) is 0 Å². The maximum atomic E-state index is 10.6. The molecule has 1 heterocycles. The van der Waals surface area contributed by atoms with Gasteiger partial charge in [-0.1, -0.05) is 0 Å². The number of aliphatic carboxylic acids is 1. The molecule has 78 valence electrons. The van der Waals surface area contributed by atoms with E-state index in [4.69, 9.17) is 9.52 Å². The minimum atomic E-state index is -0.934. The first kappa shape index (κ1) is 10.5. The van der Waals surface area contributed by atoms with Gasteiger partial charge in [-0.3, -0.25) is 9.69 Å². The summed E-state index contributed by atoms with van der Waals surface area (Å²) in [6, 6.07) is 0. The van der Waals surface area contributed by atoms with Crippen LogP contribution < -0.4 is 5.82 Å².